The topological polar surface area (TPSA) is 82.5 Å². The van der Waals surface area contributed by atoms with E-state index in [0.29, 0.717) is 0 Å². The Bertz CT molecular complexity index is 1340. The van der Waals surface area contributed by atoms with Crippen molar-refractivity contribution in [1.82, 2.24) is 9.55 Å². The lowest BCUT2D eigenvalue weighted by Crippen LogP contribution is -2.36. The van der Waals surface area contributed by atoms with Gasteiger partial charge in [0, 0.05) is 13.1 Å². The van der Waals surface area contributed by atoms with Crippen molar-refractivity contribution in [1.29, 1.82) is 0 Å². The van der Waals surface area contributed by atoms with Gasteiger partial charge in [-0.1, -0.05) is 97.1 Å². The summed E-state index contributed by atoms with van der Waals surface area (Å²) < 4.78 is 14.3. The van der Waals surface area contributed by atoms with Crippen molar-refractivity contribution < 1.29 is 14.3 Å². The molecule has 0 fully saturated rings. The molecular formula is C30H27N3O4. The molecule has 0 spiro atoms. The van der Waals surface area contributed by atoms with Crippen molar-refractivity contribution in [3.05, 3.63) is 143 Å². The molecule has 1 amide bonds. The van der Waals surface area contributed by atoms with Gasteiger partial charge >= 0.3 is 5.69 Å². The second-order valence-electron chi connectivity index (χ2n) is 8.72. The maximum Gasteiger partial charge on any atom is 0.351 e. The number of carbonyl (C=O) groups is 1. The molecule has 186 valence electrons. The predicted molar refractivity (Wildman–Crippen MR) is 141 cm³/mol. The first-order valence-electron chi connectivity index (χ1n) is 12.1. The number of hydrogen-bond donors (Lipinski definition) is 1. The van der Waals surface area contributed by atoms with Crippen LogP contribution in [0.1, 0.15) is 29.8 Å². The van der Waals surface area contributed by atoms with Crippen LogP contribution in [0.5, 0.6) is 0 Å². The highest BCUT2D eigenvalue weighted by molar-refractivity contribution is 5.87. The SMILES string of the molecule is CC(=O)Nc1ccn([C@H]2C=C[C@@H](COC(c3ccccc3)(c3ccccc3)c3ccccc3)O2)c(=O)n1. The summed E-state index contributed by atoms with van der Waals surface area (Å²) in [5.74, 6) is -0.0911. The Morgan fingerprint density at radius 1 is 0.892 bits per heavy atom. The Hall–Kier alpha value is -4.33. The summed E-state index contributed by atoms with van der Waals surface area (Å²) in [5.41, 5.74) is 1.62. The van der Waals surface area contributed by atoms with E-state index in [9.17, 15) is 9.59 Å². The van der Waals surface area contributed by atoms with E-state index in [1.807, 2.05) is 66.7 Å². The molecule has 0 aliphatic carbocycles. The number of rotatable bonds is 8. The third kappa shape index (κ3) is 5.14. The first-order chi connectivity index (χ1) is 18.1. The Morgan fingerprint density at radius 3 is 1.92 bits per heavy atom. The molecule has 0 unspecified atom stereocenters. The standard InChI is InChI=1S/C30H27N3O4/c1-22(34)31-27-19-20-33(29(35)32-27)28-18-17-26(37-28)21-36-30(23-11-5-2-6-12-23,24-13-7-3-8-14-24)25-15-9-4-10-16-25/h2-20,26,28H,21H2,1H3,(H,31,32,34,35)/t26-,28+/m0/s1. The van der Waals surface area contributed by atoms with Crippen LogP contribution in [0.4, 0.5) is 5.82 Å². The van der Waals surface area contributed by atoms with Gasteiger partial charge in [0.2, 0.25) is 5.91 Å². The van der Waals surface area contributed by atoms with E-state index in [-0.39, 0.29) is 24.4 Å². The number of aromatic nitrogens is 2. The minimum Gasteiger partial charge on any atom is -0.358 e. The number of ether oxygens (including phenoxy) is 2. The molecule has 3 aromatic carbocycles. The molecular weight excluding hydrogens is 466 g/mol. The molecule has 2 heterocycles. The number of benzene rings is 3. The number of nitrogens with one attached hydrogen (secondary N) is 1. The van der Waals surface area contributed by atoms with Crippen molar-refractivity contribution in [3.8, 4) is 0 Å². The Kier molecular flexibility index (Phi) is 7.07. The summed E-state index contributed by atoms with van der Waals surface area (Å²) in [6.45, 7) is 1.61. The zero-order chi connectivity index (χ0) is 25.7. The van der Waals surface area contributed by atoms with Crippen LogP contribution >= 0.6 is 0 Å². The number of amides is 1. The van der Waals surface area contributed by atoms with Crippen LogP contribution < -0.4 is 11.0 Å². The first-order valence-corrected chi connectivity index (χ1v) is 12.1. The van der Waals surface area contributed by atoms with Gasteiger partial charge in [0.1, 0.15) is 17.5 Å². The van der Waals surface area contributed by atoms with Gasteiger partial charge in [0.15, 0.2) is 6.23 Å². The summed E-state index contributed by atoms with van der Waals surface area (Å²) >= 11 is 0. The lowest BCUT2D eigenvalue weighted by molar-refractivity contribution is -0.114. The highest BCUT2D eigenvalue weighted by Gasteiger charge is 2.38. The zero-order valence-electron chi connectivity index (χ0n) is 20.4. The lowest BCUT2D eigenvalue weighted by Gasteiger charge is -2.36. The van der Waals surface area contributed by atoms with Crippen molar-refractivity contribution in [3.63, 3.8) is 0 Å². The minimum absolute atomic E-state index is 0.203. The number of anilines is 1. The molecule has 0 saturated carbocycles. The Labute approximate surface area is 215 Å². The molecule has 1 aromatic heterocycles. The van der Waals surface area contributed by atoms with Gasteiger partial charge in [-0.05, 0) is 28.8 Å². The fourth-order valence-corrected chi connectivity index (χ4v) is 4.57. The second kappa shape index (κ2) is 10.7. The number of carbonyl (C=O) groups excluding carboxylic acids is 1. The normalized spacial score (nSPS) is 17.0. The lowest BCUT2D eigenvalue weighted by atomic mass is 9.80. The zero-order valence-corrected chi connectivity index (χ0v) is 20.4. The Morgan fingerprint density at radius 2 is 1.43 bits per heavy atom. The molecule has 7 nitrogen and oxygen atoms in total. The quantitative estimate of drug-likeness (QED) is 0.285. The molecule has 7 heteroatoms. The van der Waals surface area contributed by atoms with Crippen molar-refractivity contribution in [2.75, 3.05) is 11.9 Å². The van der Waals surface area contributed by atoms with Crippen LogP contribution in [-0.2, 0) is 19.9 Å². The average molecular weight is 494 g/mol. The molecule has 0 radical (unpaired) electrons. The number of hydrogen-bond acceptors (Lipinski definition) is 5. The summed E-state index contributed by atoms with van der Waals surface area (Å²) in [6.07, 6.45) is 4.25. The van der Waals surface area contributed by atoms with Crippen LogP contribution in [0.15, 0.2) is 120 Å². The molecule has 37 heavy (non-hydrogen) atoms. The third-order valence-electron chi connectivity index (χ3n) is 6.22. The van der Waals surface area contributed by atoms with Gasteiger partial charge in [-0.3, -0.25) is 9.36 Å². The van der Waals surface area contributed by atoms with Crippen molar-refractivity contribution >= 4 is 11.7 Å². The van der Waals surface area contributed by atoms with E-state index in [4.69, 9.17) is 9.47 Å². The van der Waals surface area contributed by atoms with Crippen LogP contribution in [0.2, 0.25) is 0 Å². The maximum absolute atomic E-state index is 12.5. The predicted octanol–water partition coefficient (Wildman–Crippen LogP) is 4.66. The van der Waals surface area contributed by atoms with Crippen LogP contribution in [0, 0.1) is 0 Å². The first kappa shape index (κ1) is 24.4. The summed E-state index contributed by atoms with van der Waals surface area (Å²) in [6, 6.07) is 31.9. The van der Waals surface area contributed by atoms with Gasteiger partial charge < -0.3 is 14.8 Å². The van der Waals surface area contributed by atoms with Gasteiger partial charge in [-0.25, -0.2) is 4.79 Å². The fourth-order valence-electron chi connectivity index (χ4n) is 4.57. The summed E-state index contributed by atoms with van der Waals surface area (Å²) in [5, 5.41) is 2.51. The van der Waals surface area contributed by atoms with Gasteiger partial charge in [0.05, 0.1) is 6.61 Å². The van der Waals surface area contributed by atoms with E-state index in [1.54, 1.807) is 12.3 Å². The molecule has 1 N–H and O–H groups in total. The Balaban J connectivity index is 1.42. The fraction of sp³-hybridized carbons (Fsp3) is 0.167. The number of nitrogens with zero attached hydrogens (tertiary/aromatic N) is 2. The van der Waals surface area contributed by atoms with Crippen LogP contribution in [0.3, 0.4) is 0 Å². The molecule has 4 aromatic rings. The summed E-state index contributed by atoms with van der Waals surface area (Å²) in [7, 11) is 0. The molecule has 0 saturated heterocycles. The van der Waals surface area contributed by atoms with E-state index < -0.39 is 17.5 Å². The third-order valence-corrected chi connectivity index (χ3v) is 6.22. The van der Waals surface area contributed by atoms with Gasteiger partial charge in [-0.15, -0.1) is 0 Å². The van der Waals surface area contributed by atoms with E-state index in [1.165, 1.54) is 11.5 Å². The highest BCUT2D eigenvalue weighted by atomic mass is 16.6. The maximum atomic E-state index is 12.5. The molecule has 5 rings (SSSR count). The molecule has 0 bridgehead atoms. The highest BCUT2D eigenvalue weighted by Crippen LogP contribution is 2.41. The van der Waals surface area contributed by atoms with Gasteiger partial charge in [0.25, 0.3) is 0 Å². The average Bonchev–Trinajstić information content (AvgIpc) is 3.39. The van der Waals surface area contributed by atoms with Crippen LogP contribution in [-0.4, -0.2) is 28.2 Å². The van der Waals surface area contributed by atoms with E-state index >= 15 is 0 Å². The second-order valence-corrected chi connectivity index (χ2v) is 8.72. The smallest absolute Gasteiger partial charge is 0.351 e. The monoisotopic (exact) mass is 493 g/mol. The van der Waals surface area contributed by atoms with Crippen LogP contribution in [0.25, 0.3) is 0 Å². The van der Waals surface area contributed by atoms with E-state index in [2.05, 4.69) is 46.7 Å². The molecule has 1 aliphatic rings. The largest absolute Gasteiger partial charge is 0.358 e. The molecule has 1 aliphatic heterocycles. The molecule has 2 atom stereocenters. The minimum atomic E-state index is -0.864. The van der Waals surface area contributed by atoms with Gasteiger partial charge in [-0.2, -0.15) is 4.98 Å². The van der Waals surface area contributed by atoms with E-state index in [0.717, 1.165) is 16.7 Å². The van der Waals surface area contributed by atoms with Crippen molar-refractivity contribution in [2.45, 2.75) is 24.9 Å². The van der Waals surface area contributed by atoms with Crippen molar-refractivity contribution in [2.24, 2.45) is 0 Å². The summed E-state index contributed by atoms with van der Waals surface area (Å²) in [4.78, 5) is 27.7.